The maximum Gasteiger partial charge on any atom is 0.220 e. The summed E-state index contributed by atoms with van der Waals surface area (Å²) in [5, 5.41) is 2.91. The molecule has 1 unspecified atom stereocenters. The average Bonchev–Trinajstić information content (AvgIpc) is 3.06. The topological polar surface area (TPSA) is 46.2 Å². The lowest BCUT2D eigenvalue weighted by atomic mass is 9.97. The molecule has 0 spiro atoms. The molecule has 1 aromatic rings. The van der Waals surface area contributed by atoms with Crippen molar-refractivity contribution in [2.75, 3.05) is 0 Å². The van der Waals surface area contributed by atoms with Crippen LogP contribution in [0, 0.1) is 5.82 Å². The number of rotatable bonds is 3. The number of hydrogen-bond donors (Lipinski definition) is 1. The minimum absolute atomic E-state index is 0.00697. The van der Waals surface area contributed by atoms with Crippen molar-refractivity contribution in [1.82, 2.24) is 5.32 Å². The molecule has 1 aromatic carbocycles. The van der Waals surface area contributed by atoms with Gasteiger partial charge < -0.3 is 5.32 Å². The molecule has 1 atom stereocenters. The van der Waals surface area contributed by atoms with Crippen LogP contribution >= 0.6 is 0 Å². The molecule has 3 rings (SSSR count). The van der Waals surface area contributed by atoms with E-state index in [9.17, 15) is 14.0 Å². The van der Waals surface area contributed by atoms with Crippen molar-refractivity contribution < 1.29 is 14.0 Å². The molecule has 0 bridgehead atoms. The van der Waals surface area contributed by atoms with Crippen molar-refractivity contribution in [3.63, 3.8) is 0 Å². The summed E-state index contributed by atoms with van der Waals surface area (Å²) >= 11 is 0. The number of benzene rings is 1. The van der Waals surface area contributed by atoms with Crippen LogP contribution < -0.4 is 5.32 Å². The second-order valence-electron chi connectivity index (χ2n) is 5.10. The Balaban J connectivity index is 1.75. The summed E-state index contributed by atoms with van der Waals surface area (Å²) in [6.45, 7) is 0. The van der Waals surface area contributed by atoms with E-state index in [1.807, 2.05) is 0 Å². The fraction of sp³-hybridized carbons (Fsp3) is 0.429. The van der Waals surface area contributed by atoms with Crippen molar-refractivity contribution in [3.05, 3.63) is 35.1 Å². The van der Waals surface area contributed by atoms with Gasteiger partial charge in [0.05, 0.1) is 0 Å². The summed E-state index contributed by atoms with van der Waals surface area (Å²) in [6, 6.07) is 4.59. The third-order valence-corrected chi connectivity index (χ3v) is 3.56. The molecule has 4 heteroatoms. The Morgan fingerprint density at radius 1 is 1.39 bits per heavy atom. The third-order valence-electron chi connectivity index (χ3n) is 3.56. The van der Waals surface area contributed by atoms with E-state index in [-0.39, 0.29) is 17.6 Å². The van der Waals surface area contributed by atoms with E-state index in [0.717, 1.165) is 18.4 Å². The van der Waals surface area contributed by atoms with Crippen LogP contribution in [-0.4, -0.2) is 17.7 Å². The van der Waals surface area contributed by atoms with E-state index < -0.39 is 5.82 Å². The molecule has 0 aromatic heterocycles. The van der Waals surface area contributed by atoms with Crippen LogP contribution in [0.4, 0.5) is 4.39 Å². The predicted molar refractivity (Wildman–Crippen MR) is 63.9 cm³/mol. The van der Waals surface area contributed by atoms with Gasteiger partial charge >= 0.3 is 0 Å². The number of carbonyl (C=O) groups is 2. The van der Waals surface area contributed by atoms with E-state index in [0.29, 0.717) is 24.4 Å². The van der Waals surface area contributed by atoms with Crippen LogP contribution in [0.2, 0.25) is 0 Å². The summed E-state index contributed by atoms with van der Waals surface area (Å²) in [6.07, 6.45) is 2.74. The zero-order valence-corrected chi connectivity index (χ0v) is 9.91. The van der Waals surface area contributed by atoms with E-state index in [2.05, 4.69) is 5.32 Å². The highest BCUT2D eigenvalue weighted by atomic mass is 19.1. The molecular weight excluding hydrogens is 233 g/mol. The largest absolute Gasteiger partial charge is 0.353 e. The smallest absolute Gasteiger partial charge is 0.220 e. The van der Waals surface area contributed by atoms with E-state index >= 15 is 0 Å². The van der Waals surface area contributed by atoms with Gasteiger partial charge in [0.1, 0.15) is 5.82 Å². The van der Waals surface area contributed by atoms with Crippen molar-refractivity contribution in [2.45, 2.75) is 37.6 Å². The van der Waals surface area contributed by atoms with Crippen LogP contribution in [-0.2, 0) is 4.79 Å². The van der Waals surface area contributed by atoms with Gasteiger partial charge in [0.15, 0.2) is 5.78 Å². The number of Topliss-reactive ketones (excluding diaryl/α,β-unsaturated/α-hetero) is 1. The monoisotopic (exact) mass is 247 g/mol. The second-order valence-corrected chi connectivity index (χ2v) is 5.10. The molecule has 18 heavy (non-hydrogen) atoms. The molecule has 2 aliphatic rings. The van der Waals surface area contributed by atoms with Crippen LogP contribution in [0.5, 0.6) is 0 Å². The van der Waals surface area contributed by atoms with Crippen LogP contribution in [0.15, 0.2) is 18.2 Å². The first-order valence-corrected chi connectivity index (χ1v) is 6.25. The lowest BCUT2D eigenvalue weighted by molar-refractivity contribution is -0.121. The van der Waals surface area contributed by atoms with Crippen molar-refractivity contribution in [1.29, 1.82) is 0 Å². The molecule has 1 fully saturated rings. The Labute approximate surface area is 104 Å². The second kappa shape index (κ2) is 4.19. The lowest BCUT2D eigenvalue weighted by Gasteiger charge is -2.10. The number of nitrogens with one attached hydrogen (secondary N) is 1. The number of ketones is 1. The predicted octanol–water partition coefficient (Wildman–Crippen LogP) is 2.16. The highest BCUT2D eigenvalue weighted by molar-refractivity contribution is 6.02. The van der Waals surface area contributed by atoms with E-state index in [1.165, 1.54) is 12.1 Å². The maximum atomic E-state index is 13.1. The Morgan fingerprint density at radius 2 is 2.17 bits per heavy atom. The van der Waals surface area contributed by atoms with Gasteiger partial charge in [-0.15, -0.1) is 0 Å². The standard InChI is InChI=1S/C14H14FNO2/c15-9-1-4-11-8(5-13(17)12(11)7-9)6-14(18)16-10-2-3-10/h1,4,7-8,10H,2-3,5-6H2,(H,16,18). The maximum absolute atomic E-state index is 13.1. The molecule has 0 heterocycles. The van der Waals surface area contributed by atoms with Gasteiger partial charge in [-0.3, -0.25) is 9.59 Å². The molecule has 0 saturated heterocycles. The molecular formula is C14H14FNO2. The molecule has 2 aliphatic carbocycles. The number of hydrogen-bond acceptors (Lipinski definition) is 2. The zero-order chi connectivity index (χ0) is 12.7. The third kappa shape index (κ3) is 2.15. The fourth-order valence-electron chi connectivity index (χ4n) is 2.49. The fourth-order valence-corrected chi connectivity index (χ4v) is 2.49. The summed E-state index contributed by atoms with van der Waals surface area (Å²) in [7, 11) is 0. The van der Waals surface area contributed by atoms with Crippen molar-refractivity contribution in [2.24, 2.45) is 0 Å². The Kier molecular flexibility index (Phi) is 2.65. The van der Waals surface area contributed by atoms with Gasteiger partial charge in [0.25, 0.3) is 0 Å². The summed E-state index contributed by atoms with van der Waals surface area (Å²) in [5.74, 6) is -0.557. The summed E-state index contributed by atoms with van der Waals surface area (Å²) in [4.78, 5) is 23.5. The van der Waals surface area contributed by atoms with Gasteiger partial charge in [-0.2, -0.15) is 0 Å². The Hall–Kier alpha value is -1.71. The summed E-state index contributed by atoms with van der Waals surface area (Å²) in [5.41, 5.74) is 1.26. The minimum Gasteiger partial charge on any atom is -0.353 e. The van der Waals surface area contributed by atoms with E-state index in [1.54, 1.807) is 6.07 Å². The van der Waals surface area contributed by atoms with Crippen molar-refractivity contribution in [3.8, 4) is 0 Å². The molecule has 94 valence electrons. The SMILES string of the molecule is O=C(CC1CC(=O)c2cc(F)ccc21)NC1CC1. The quantitative estimate of drug-likeness (QED) is 0.889. The van der Waals surface area contributed by atoms with Crippen molar-refractivity contribution >= 4 is 11.7 Å². The minimum atomic E-state index is -0.398. The molecule has 1 N–H and O–H groups in total. The number of fused-ring (bicyclic) bond motifs is 1. The van der Waals surface area contributed by atoms with Gasteiger partial charge in [-0.05, 0) is 30.5 Å². The average molecular weight is 247 g/mol. The molecule has 0 radical (unpaired) electrons. The molecule has 1 amide bonds. The molecule has 1 saturated carbocycles. The normalized spacial score (nSPS) is 21.8. The number of carbonyl (C=O) groups excluding carboxylic acids is 2. The first kappa shape index (κ1) is 11.4. The number of amides is 1. The van der Waals surface area contributed by atoms with Crippen LogP contribution in [0.25, 0.3) is 0 Å². The van der Waals surface area contributed by atoms with Gasteiger partial charge in [0, 0.05) is 30.4 Å². The first-order valence-electron chi connectivity index (χ1n) is 6.25. The van der Waals surface area contributed by atoms with Crippen LogP contribution in [0.1, 0.15) is 47.5 Å². The lowest BCUT2D eigenvalue weighted by Crippen LogP contribution is -2.26. The van der Waals surface area contributed by atoms with Gasteiger partial charge in [0.2, 0.25) is 5.91 Å². The van der Waals surface area contributed by atoms with Crippen LogP contribution in [0.3, 0.4) is 0 Å². The highest BCUT2D eigenvalue weighted by Gasteiger charge is 2.32. The van der Waals surface area contributed by atoms with Gasteiger partial charge in [-0.1, -0.05) is 6.07 Å². The number of halogens is 1. The Bertz CT molecular complexity index is 523. The highest BCUT2D eigenvalue weighted by Crippen LogP contribution is 2.36. The van der Waals surface area contributed by atoms with E-state index in [4.69, 9.17) is 0 Å². The summed E-state index contributed by atoms with van der Waals surface area (Å²) < 4.78 is 13.1. The first-order chi connectivity index (χ1) is 8.63. The zero-order valence-electron chi connectivity index (χ0n) is 9.91. The molecule has 0 aliphatic heterocycles. The van der Waals surface area contributed by atoms with Gasteiger partial charge in [-0.25, -0.2) is 4.39 Å². The molecule has 3 nitrogen and oxygen atoms in total. The Morgan fingerprint density at radius 3 is 2.89 bits per heavy atom.